The van der Waals surface area contributed by atoms with Crippen molar-refractivity contribution in [3.63, 3.8) is 0 Å². The van der Waals surface area contributed by atoms with Crippen LogP contribution < -0.4 is 5.32 Å². The van der Waals surface area contributed by atoms with Crippen molar-refractivity contribution in [2.75, 3.05) is 18.4 Å². The number of aromatic nitrogens is 4. The number of halogens is 2. The van der Waals surface area contributed by atoms with E-state index in [1.807, 2.05) is 36.3 Å². The Morgan fingerprint density at radius 1 is 1.07 bits per heavy atom. The number of benzene rings is 1. The molecule has 3 aromatic rings. The van der Waals surface area contributed by atoms with Crippen LogP contribution in [-0.4, -0.2) is 65.6 Å². The van der Waals surface area contributed by atoms with Gasteiger partial charge in [-0.1, -0.05) is 44.0 Å². The molecule has 2 aliphatic heterocycles. The molecule has 0 spiro atoms. The molecule has 216 valence electrons. The molecule has 1 aliphatic carbocycles. The fraction of sp³-hybridized carbons (Fsp3) is 0.483. The average Bonchev–Trinajstić information content (AvgIpc) is 3.60. The van der Waals surface area contributed by atoms with E-state index in [0.29, 0.717) is 39.9 Å². The zero-order chi connectivity index (χ0) is 29.1. The summed E-state index contributed by atoms with van der Waals surface area (Å²) in [6.45, 7) is 7.60. The lowest BCUT2D eigenvalue weighted by molar-refractivity contribution is -0.133. The Labute approximate surface area is 248 Å². The van der Waals surface area contributed by atoms with Crippen LogP contribution in [0.25, 0.3) is 17.2 Å². The number of hydrogen-bond donors (Lipinski definition) is 2. The molecule has 10 nitrogen and oxygen atoms in total. The molecular weight excluding hydrogens is 565 g/mol. The van der Waals surface area contributed by atoms with Crippen LogP contribution >= 0.6 is 23.2 Å². The molecule has 2 amide bonds. The van der Waals surface area contributed by atoms with Crippen LogP contribution in [0.4, 0.5) is 10.7 Å². The summed E-state index contributed by atoms with van der Waals surface area (Å²) in [4.78, 5) is 42.7. The number of rotatable bonds is 5. The predicted octanol–water partition coefficient (Wildman–Crippen LogP) is 6.03. The van der Waals surface area contributed by atoms with E-state index in [4.69, 9.17) is 33.2 Å². The summed E-state index contributed by atoms with van der Waals surface area (Å²) in [5.41, 5.74) is 1.77. The molecule has 3 aliphatic rings. The van der Waals surface area contributed by atoms with E-state index >= 15 is 0 Å². The third-order valence-corrected chi connectivity index (χ3v) is 8.74. The number of carboxylic acid groups (broad SMARTS) is 1. The van der Waals surface area contributed by atoms with Crippen molar-refractivity contribution < 1.29 is 14.7 Å². The lowest BCUT2D eigenvalue weighted by Crippen LogP contribution is -2.45. The fourth-order valence-corrected chi connectivity index (χ4v) is 6.28. The van der Waals surface area contributed by atoms with Gasteiger partial charge in [0.15, 0.2) is 0 Å². The van der Waals surface area contributed by atoms with E-state index in [2.05, 4.69) is 10.3 Å². The lowest BCUT2D eigenvalue weighted by Gasteiger charge is -2.33. The topological polar surface area (TPSA) is 116 Å². The number of piperidine rings is 1. The minimum absolute atomic E-state index is 0.0394. The van der Waals surface area contributed by atoms with Crippen molar-refractivity contribution in [3.8, 4) is 17.2 Å². The second-order valence-corrected chi connectivity index (χ2v) is 13.0. The molecule has 4 heterocycles. The molecule has 2 atom stereocenters. The van der Waals surface area contributed by atoms with E-state index in [-0.39, 0.29) is 24.4 Å². The highest BCUT2D eigenvalue weighted by Gasteiger charge is 2.45. The Morgan fingerprint density at radius 2 is 1.85 bits per heavy atom. The van der Waals surface area contributed by atoms with Crippen molar-refractivity contribution in [2.24, 2.45) is 11.3 Å². The molecule has 2 N–H and O–H groups in total. The number of nitrogens with zero attached hydrogens (tertiary/aromatic N) is 6. The monoisotopic (exact) mass is 597 g/mol. The quantitative estimate of drug-likeness (QED) is 0.369. The van der Waals surface area contributed by atoms with Gasteiger partial charge in [-0.2, -0.15) is 4.98 Å². The van der Waals surface area contributed by atoms with E-state index in [9.17, 15) is 14.7 Å². The zero-order valence-electron chi connectivity index (χ0n) is 23.3. The van der Waals surface area contributed by atoms with Gasteiger partial charge < -0.3 is 15.3 Å². The standard InChI is InChI=1S/C29H33Cl2N7O3/c1-29(2,3)24-23-21(15-37(24)28(40)41)38(25(35-23)17-8-9-19(30)20(31)13-17)22-10-11-32-27(34-22)33-18-5-4-12-36(14-18)26(39)16-6-7-16/h8-11,13,16,18,24H,4-7,12,14-15H2,1-3H3,(H,40,41)(H,32,33,34). The summed E-state index contributed by atoms with van der Waals surface area (Å²) in [6.07, 6.45) is 4.49. The third-order valence-electron chi connectivity index (χ3n) is 8.00. The number of carbonyl (C=O) groups excluding carboxylic acids is 1. The maximum absolute atomic E-state index is 12.7. The van der Waals surface area contributed by atoms with Crippen LogP contribution in [0.5, 0.6) is 0 Å². The zero-order valence-corrected chi connectivity index (χ0v) is 24.8. The first kappa shape index (κ1) is 27.8. The molecular formula is C29H33Cl2N7O3. The number of nitrogens with one attached hydrogen (secondary N) is 1. The van der Waals surface area contributed by atoms with Crippen LogP contribution in [0.1, 0.15) is 63.9 Å². The Morgan fingerprint density at radius 3 is 2.54 bits per heavy atom. The number of fused-ring (bicyclic) bond motifs is 1. The van der Waals surface area contributed by atoms with Gasteiger partial charge in [0.25, 0.3) is 0 Å². The lowest BCUT2D eigenvalue weighted by atomic mass is 9.85. The second kappa shape index (κ2) is 10.5. The van der Waals surface area contributed by atoms with Crippen molar-refractivity contribution in [3.05, 3.63) is 51.9 Å². The Balaban J connectivity index is 1.39. The third kappa shape index (κ3) is 5.35. The van der Waals surface area contributed by atoms with E-state index in [0.717, 1.165) is 43.5 Å². The van der Waals surface area contributed by atoms with Gasteiger partial charge >= 0.3 is 6.09 Å². The van der Waals surface area contributed by atoms with Crippen LogP contribution in [0, 0.1) is 11.3 Å². The Bertz CT molecular complexity index is 1510. The molecule has 0 bridgehead atoms. The van der Waals surface area contributed by atoms with Gasteiger partial charge in [-0.05, 0) is 55.4 Å². The molecule has 41 heavy (non-hydrogen) atoms. The molecule has 2 fully saturated rings. The van der Waals surface area contributed by atoms with Gasteiger partial charge in [0.1, 0.15) is 11.6 Å². The Kier molecular flexibility index (Phi) is 7.10. The summed E-state index contributed by atoms with van der Waals surface area (Å²) < 4.78 is 1.90. The van der Waals surface area contributed by atoms with Crippen LogP contribution in [0.3, 0.4) is 0 Å². The first-order chi connectivity index (χ1) is 19.5. The molecule has 1 saturated heterocycles. The largest absolute Gasteiger partial charge is 0.465 e. The van der Waals surface area contributed by atoms with Gasteiger partial charge in [0.05, 0.1) is 34.0 Å². The van der Waals surface area contributed by atoms with Crippen LogP contribution in [0.15, 0.2) is 30.5 Å². The second-order valence-electron chi connectivity index (χ2n) is 12.2. The molecule has 12 heteroatoms. The highest BCUT2D eigenvalue weighted by atomic mass is 35.5. The normalized spacial score (nSPS) is 20.7. The first-order valence-corrected chi connectivity index (χ1v) is 14.7. The number of amides is 2. The highest BCUT2D eigenvalue weighted by molar-refractivity contribution is 6.42. The van der Waals surface area contributed by atoms with E-state index in [1.165, 1.54) is 4.90 Å². The van der Waals surface area contributed by atoms with Gasteiger partial charge in [-0.15, -0.1) is 0 Å². The van der Waals surface area contributed by atoms with E-state index in [1.54, 1.807) is 24.4 Å². The predicted molar refractivity (Wildman–Crippen MR) is 156 cm³/mol. The summed E-state index contributed by atoms with van der Waals surface area (Å²) in [5, 5.41) is 14.3. The highest BCUT2D eigenvalue weighted by Crippen LogP contribution is 2.47. The molecule has 0 radical (unpaired) electrons. The number of likely N-dealkylation sites (tertiary alicyclic amines) is 1. The molecule has 1 saturated carbocycles. The first-order valence-electron chi connectivity index (χ1n) is 14.0. The Hall–Kier alpha value is -3.37. The number of hydrogen-bond acceptors (Lipinski definition) is 6. The van der Waals surface area contributed by atoms with Crippen molar-refractivity contribution in [2.45, 2.75) is 65.1 Å². The summed E-state index contributed by atoms with van der Waals surface area (Å²) in [5.74, 6) is 2.04. The maximum atomic E-state index is 12.7. The summed E-state index contributed by atoms with van der Waals surface area (Å²) >= 11 is 12.6. The van der Waals surface area contributed by atoms with Crippen molar-refractivity contribution in [1.82, 2.24) is 29.3 Å². The maximum Gasteiger partial charge on any atom is 0.408 e. The molecule has 6 rings (SSSR count). The molecule has 2 unspecified atom stereocenters. The van der Waals surface area contributed by atoms with E-state index < -0.39 is 17.6 Å². The summed E-state index contributed by atoms with van der Waals surface area (Å²) in [7, 11) is 0. The number of anilines is 1. The average molecular weight is 599 g/mol. The minimum atomic E-state index is -1.00. The number of imidazole rings is 1. The van der Waals surface area contributed by atoms with Gasteiger partial charge in [-0.3, -0.25) is 14.3 Å². The van der Waals surface area contributed by atoms with Crippen molar-refractivity contribution in [1.29, 1.82) is 0 Å². The van der Waals surface area contributed by atoms with Crippen LogP contribution in [-0.2, 0) is 11.3 Å². The molecule has 1 aromatic carbocycles. The van der Waals surface area contributed by atoms with Gasteiger partial charge in [0, 0.05) is 36.8 Å². The molecule has 2 aromatic heterocycles. The smallest absolute Gasteiger partial charge is 0.408 e. The summed E-state index contributed by atoms with van der Waals surface area (Å²) in [6, 6.07) is 6.70. The van der Waals surface area contributed by atoms with Gasteiger partial charge in [-0.25, -0.2) is 14.8 Å². The van der Waals surface area contributed by atoms with Crippen molar-refractivity contribution >= 4 is 41.2 Å². The van der Waals surface area contributed by atoms with Crippen LogP contribution in [0.2, 0.25) is 10.0 Å². The SMILES string of the molecule is CC(C)(C)C1c2nc(-c3ccc(Cl)c(Cl)c3)n(-c3ccnc(NC4CCCN(C(=O)C5CC5)C4)n3)c2CN1C(=O)O. The minimum Gasteiger partial charge on any atom is -0.465 e. The van der Waals surface area contributed by atoms with Gasteiger partial charge in [0.2, 0.25) is 11.9 Å². The fourth-order valence-electron chi connectivity index (χ4n) is 5.98. The number of carbonyl (C=O) groups is 2.